The molecule has 3 rings (SSSR count). The van der Waals surface area contributed by atoms with E-state index in [1.165, 1.54) is 18.7 Å². The third-order valence-corrected chi connectivity index (χ3v) is 3.92. The van der Waals surface area contributed by atoms with Crippen LogP contribution in [-0.2, 0) is 9.59 Å². The minimum atomic E-state index is -0.296. The van der Waals surface area contributed by atoms with Crippen molar-refractivity contribution in [3.63, 3.8) is 0 Å². The summed E-state index contributed by atoms with van der Waals surface area (Å²) in [6, 6.07) is 15.4. The van der Waals surface area contributed by atoms with Crippen molar-refractivity contribution in [2.75, 3.05) is 12.0 Å². The van der Waals surface area contributed by atoms with Crippen LogP contribution in [0.4, 0.5) is 5.69 Å². The van der Waals surface area contributed by atoms with Crippen LogP contribution in [0.2, 0.25) is 0 Å². The molecular weight excluding hydrogens is 290 g/mol. The van der Waals surface area contributed by atoms with Crippen LogP contribution < -0.4 is 9.64 Å². The van der Waals surface area contributed by atoms with E-state index >= 15 is 0 Å². The Balaban J connectivity index is 2.42. The van der Waals surface area contributed by atoms with Crippen LogP contribution in [0.25, 0.3) is 21.5 Å². The number of hydrogen-bond acceptors (Lipinski definition) is 3. The first-order valence-corrected chi connectivity index (χ1v) is 7.33. The number of carbonyl (C=O) groups excluding carboxylic acids is 2. The molecule has 0 saturated heterocycles. The van der Waals surface area contributed by atoms with E-state index in [1.807, 2.05) is 48.5 Å². The van der Waals surface area contributed by atoms with Crippen molar-refractivity contribution >= 4 is 39.0 Å². The number of carbonyl (C=O) groups is 2. The highest BCUT2D eigenvalue weighted by atomic mass is 16.5. The Labute approximate surface area is 134 Å². The molecular formula is C19H17NO3. The molecule has 0 atom stereocenters. The van der Waals surface area contributed by atoms with Gasteiger partial charge in [0, 0.05) is 19.2 Å². The lowest BCUT2D eigenvalue weighted by atomic mass is 9.99. The van der Waals surface area contributed by atoms with E-state index in [1.54, 1.807) is 7.11 Å². The SMILES string of the molecule is COc1ccc2cc(N(C(C)=O)C(C)=O)c3ccccc3c2c1. The van der Waals surface area contributed by atoms with Gasteiger partial charge < -0.3 is 4.74 Å². The Kier molecular flexibility index (Phi) is 3.74. The maximum Gasteiger partial charge on any atom is 0.230 e. The molecule has 0 bridgehead atoms. The molecule has 3 aromatic carbocycles. The molecule has 23 heavy (non-hydrogen) atoms. The molecule has 4 heteroatoms. The van der Waals surface area contributed by atoms with Gasteiger partial charge in [0.05, 0.1) is 12.8 Å². The summed E-state index contributed by atoms with van der Waals surface area (Å²) in [4.78, 5) is 25.1. The van der Waals surface area contributed by atoms with Gasteiger partial charge >= 0.3 is 0 Å². The van der Waals surface area contributed by atoms with Crippen LogP contribution in [0, 0.1) is 0 Å². The molecule has 2 amide bonds. The van der Waals surface area contributed by atoms with E-state index in [4.69, 9.17) is 4.74 Å². The number of ether oxygens (including phenoxy) is 1. The normalized spacial score (nSPS) is 10.7. The molecule has 0 saturated carbocycles. The summed E-state index contributed by atoms with van der Waals surface area (Å²) in [5, 5.41) is 3.81. The average Bonchev–Trinajstić information content (AvgIpc) is 2.54. The first kappa shape index (κ1) is 15.0. The maximum atomic E-state index is 12.0. The van der Waals surface area contributed by atoms with Crippen LogP contribution >= 0.6 is 0 Å². The third-order valence-electron chi connectivity index (χ3n) is 3.92. The number of amides is 2. The summed E-state index contributed by atoms with van der Waals surface area (Å²) in [5.41, 5.74) is 0.610. The number of benzene rings is 3. The number of fused-ring (bicyclic) bond motifs is 3. The summed E-state index contributed by atoms with van der Waals surface area (Å²) in [6.45, 7) is 2.79. The Morgan fingerprint density at radius 1 is 0.870 bits per heavy atom. The Bertz CT molecular complexity index is 916. The van der Waals surface area contributed by atoms with E-state index in [-0.39, 0.29) is 11.8 Å². The van der Waals surface area contributed by atoms with Crippen molar-refractivity contribution in [3.05, 3.63) is 48.5 Å². The van der Waals surface area contributed by atoms with Crippen LogP contribution in [-0.4, -0.2) is 18.9 Å². The zero-order chi connectivity index (χ0) is 16.6. The second-order valence-electron chi connectivity index (χ2n) is 5.40. The highest BCUT2D eigenvalue weighted by Gasteiger charge is 2.20. The molecule has 116 valence electrons. The molecule has 0 aliphatic carbocycles. The second kappa shape index (κ2) is 5.72. The van der Waals surface area contributed by atoms with E-state index in [2.05, 4.69) is 0 Å². The van der Waals surface area contributed by atoms with Gasteiger partial charge in [0.15, 0.2) is 0 Å². The van der Waals surface area contributed by atoms with Crippen molar-refractivity contribution in [3.8, 4) is 5.75 Å². The van der Waals surface area contributed by atoms with Gasteiger partial charge in [0.2, 0.25) is 11.8 Å². The number of hydrogen-bond donors (Lipinski definition) is 0. The average molecular weight is 307 g/mol. The summed E-state index contributed by atoms with van der Waals surface area (Å²) < 4.78 is 5.31. The monoisotopic (exact) mass is 307 g/mol. The number of nitrogens with zero attached hydrogens (tertiary/aromatic N) is 1. The number of methoxy groups -OCH3 is 1. The Morgan fingerprint density at radius 2 is 1.52 bits per heavy atom. The van der Waals surface area contributed by atoms with E-state index < -0.39 is 0 Å². The highest BCUT2D eigenvalue weighted by molar-refractivity contribution is 6.22. The molecule has 0 aliphatic heterocycles. The topological polar surface area (TPSA) is 46.6 Å². The maximum absolute atomic E-state index is 12.0. The smallest absolute Gasteiger partial charge is 0.230 e. The predicted molar refractivity (Wildman–Crippen MR) is 91.8 cm³/mol. The molecule has 0 fully saturated rings. The van der Waals surface area contributed by atoms with Gasteiger partial charge in [-0.15, -0.1) is 0 Å². The highest BCUT2D eigenvalue weighted by Crippen LogP contribution is 2.35. The lowest BCUT2D eigenvalue weighted by molar-refractivity contribution is -0.124. The standard InChI is InChI=1S/C19H17NO3/c1-12(21)20(13(2)22)19-10-14-8-9-15(23-3)11-18(14)16-6-4-5-7-17(16)19/h4-11H,1-3H3. The van der Waals surface area contributed by atoms with Gasteiger partial charge in [-0.2, -0.15) is 0 Å². The minimum Gasteiger partial charge on any atom is -0.497 e. The molecule has 4 nitrogen and oxygen atoms in total. The van der Waals surface area contributed by atoms with Crippen molar-refractivity contribution in [1.82, 2.24) is 0 Å². The predicted octanol–water partition coefficient (Wildman–Crippen LogP) is 3.90. The van der Waals surface area contributed by atoms with Gasteiger partial charge in [0.1, 0.15) is 5.75 Å². The summed E-state index contributed by atoms with van der Waals surface area (Å²) in [6.07, 6.45) is 0. The van der Waals surface area contributed by atoms with E-state index in [0.717, 1.165) is 27.3 Å². The van der Waals surface area contributed by atoms with E-state index in [0.29, 0.717) is 5.69 Å². The second-order valence-corrected chi connectivity index (χ2v) is 5.40. The number of imide groups is 1. The van der Waals surface area contributed by atoms with Gasteiger partial charge in [-0.1, -0.05) is 30.3 Å². The molecule has 0 radical (unpaired) electrons. The fourth-order valence-corrected chi connectivity index (χ4v) is 2.93. The molecule has 0 N–H and O–H groups in total. The Hall–Kier alpha value is -2.88. The van der Waals surface area contributed by atoms with Crippen LogP contribution in [0.15, 0.2) is 48.5 Å². The van der Waals surface area contributed by atoms with E-state index in [9.17, 15) is 9.59 Å². The lowest BCUT2D eigenvalue weighted by Crippen LogP contribution is -2.33. The van der Waals surface area contributed by atoms with Crippen molar-refractivity contribution in [1.29, 1.82) is 0 Å². The lowest BCUT2D eigenvalue weighted by Gasteiger charge is -2.20. The van der Waals surface area contributed by atoms with Crippen LogP contribution in [0.1, 0.15) is 13.8 Å². The third kappa shape index (κ3) is 2.52. The molecule has 3 aromatic rings. The largest absolute Gasteiger partial charge is 0.497 e. The zero-order valence-electron chi connectivity index (χ0n) is 13.3. The quantitative estimate of drug-likeness (QED) is 0.675. The fourth-order valence-electron chi connectivity index (χ4n) is 2.93. The molecule has 0 aromatic heterocycles. The van der Waals surface area contributed by atoms with Gasteiger partial charge in [-0.3, -0.25) is 14.5 Å². The molecule has 0 aliphatic rings. The van der Waals surface area contributed by atoms with Crippen LogP contribution in [0.3, 0.4) is 0 Å². The van der Waals surface area contributed by atoms with Crippen molar-refractivity contribution < 1.29 is 14.3 Å². The first-order valence-electron chi connectivity index (χ1n) is 7.33. The molecule has 0 unspecified atom stereocenters. The van der Waals surface area contributed by atoms with Crippen molar-refractivity contribution in [2.45, 2.75) is 13.8 Å². The van der Waals surface area contributed by atoms with Crippen LogP contribution in [0.5, 0.6) is 5.75 Å². The van der Waals surface area contributed by atoms with Gasteiger partial charge in [0.25, 0.3) is 0 Å². The minimum absolute atomic E-state index is 0.296. The summed E-state index contributed by atoms with van der Waals surface area (Å²) in [5.74, 6) is 0.177. The Morgan fingerprint density at radius 3 is 2.13 bits per heavy atom. The molecule has 0 spiro atoms. The zero-order valence-corrected chi connectivity index (χ0v) is 13.3. The number of rotatable bonds is 2. The molecule has 0 heterocycles. The van der Waals surface area contributed by atoms with Gasteiger partial charge in [-0.25, -0.2) is 0 Å². The summed E-state index contributed by atoms with van der Waals surface area (Å²) >= 11 is 0. The number of anilines is 1. The fraction of sp³-hybridized carbons (Fsp3) is 0.158. The summed E-state index contributed by atoms with van der Waals surface area (Å²) in [7, 11) is 1.63. The van der Waals surface area contributed by atoms with Gasteiger partial charge in [-0.05, 0) is 34.4 Å². The van der Waals surface area contributed by atoms with Crippen molar-refractivity contribution in [2.24, 2.45) is 0 Å². The first-order chi connectivity index (χ1) is 11.0.